The molecule has 0 heterocycles. The van der Waals surface area contributed by atoms with E-state index in [1.54, 1.807) is 0 Å². The van der Waals surface area contributed by atoms with E-state index in [1.807, 2.05) is 24.3 Å². The first-order valence-corrected chi connectivity index (χ1v) is 9.55. The predicted molar refractivity (Wildman–Crippen MR) is 115 cm³/mol. The number of carbonyl (C=O) groups is 1. The Morgan fingerprint density at radius 2 is 1.15 bits per heavy atom. The van der Waals surface area contributed by atoms with Crippen LogP contribution in [0.1, 0.15) is 61.0 Å². The number of carbonyl (C=O) groups excluding carboxylic acids is 1. The van der Waals surface area contributed by atoms with Gasteiger partial charge >= 0.3 is 0 Å². The minimum Gasteiger partial charge on any atom is -0.310 e. The molecule has 0 unspecified atom stereocenters. The van der Waals surface area contributed by atoms with Crippen molar-refractivity contribution in [1.82, 2.24) is 0 Å². The van der Waals surface area contributed by atoms with Crippen LogP contribution in [0.2, 0.25) is 0 Å². The summed E-state index contributed by atoms with van der Waals surface area (Å²) in [6, 6.07) is 25.1. The summed E-state index contributed by atoms with van der Waals surface area (Å²) in [4.78, 5) is 13.5. The van der Waals surface area contributed by atoms with Crippen molar-refractivity contribution in [1.29, 1.82) is 0 Å². The van der Waals surface area contributed by atoms with Crippen LogP contribution in [0.25, 0.3) is 0 Å². The Hall–Kier alpha value is -2.87. The van der Waals surface area contributed by atoms with Crippen LogP contribution in [0.3, 0.4) is 0 Å². The quantitative estimate of drug-likeness (QED) is 0.434. The molecule has 27 heavy (non-hydrogen) atoms. The minimum atomic E-state index is 0.496. The first-order chi connectivity index (χ1) is 13.0. The van der Waals surface area contributed by atoms with Crippen LogP contribution in [0, 0.1) is 0 Å². The van der Waals surface area contributed by atoms with E-state index in [9.17, 15) is 4.79 Å². The van der Waals surface area contributed by atoms with E-state index in [1.165, 1.54) is 11.1 Å². The SMILES string of the molecule is CC(C)c1ccc(N(c2ccc(C(C)C)cc2)c2cccc(C=O)c2)cc1. The van der Waals surface area contributed by atoms with E-state index < -0.39 is 0 Å². The average Bonchev–Trinajstić information content (AvgIpc) is 2.69. The fourth-order valence-electron chi connectivity index (χ4n) is 3.20. The summed E-state index contributed by atoms with van der Waals surface area (Å²) in [7, 11) is 0. The molecule has 0 aliphatic heterocycles. The summed E-state index contributed by atoms with van der Waals surface area (Å²) in [6.45, 7) is 8.80. The molecule has 0 saturated heterocycles. The van der Waals surface area contributed by atoms with Crippen molar-refractivity contribution < 1.29 is 4.79 Å². The molecule has 0 aromatic heterocycles. The van der Waals surface area contributed by atoms with Gasteiger partial charge in [0.25, 0.3) is 0 Å². The van der Waals surface area contributed by atoms with Gasteiger partial charge in [-0.2, -0.15) is 0 Å². The number of hydrogen-bond acceptors (Lipinski definition) is 2. The van der Waals surface area contributed by atoms with Gasteiger partial charge in [0.1, 0.15) is 6.29 Å². The summed E-state index contributed by atoms with van der Waals surface area (Å²) in [5, 5.41) is 0. The van der Waals surface area contributed by atoms with Gasteiger partial charge in [0.15, 0.2) is 0 Å². The highest BCUT2D eigenvalue weighted by Crippen LogP contribution is 2.36. The summed E-state index contributed by atoms with van der Waals surface area (Å²) >= 11 is 0. The zero-order valence-electron chi connectivity index (χ0n) is 16.5. The Labute approximate surface area is 162 Å². The molecular formula is C25H27NO. The van der Waals surface area contributed by atoms with Crippen molar-refractivity contribution in [2.24, 2.45) is 0 Å². The predicted octanol–water partition coefficient (Wildman–Crippen LogP) is 7.22. The van der Waals surface area contributed by atoms with Gasteiger partial charge in [0.05, 0.1) is 0 Å². The second kappa shape index (κ2) is 8.22. The van der Waals surface area contributed by atoms with Gasteiger partial charge < -0.3 is 4.90 Å². The Morgan fingerprint density at radius 3 is 1.56 bits per heavy atom. The van der Waals surface area contributed by atoms with Crippen LogP contribution in [0.4, 0.5) is 17.1 Å². The third-order valence-electron chi connectivity index (χ3n) is 4.90. The van der Waals surface area contributed by atoms with E-state index in [2.05, 4.69) is 81.1 Å². The largest absolute Gasteiger partial charge is 0.310 e. The number of aldehydes is 1. The molecule has 0 N–H and O–H groups in total. The fraction of sp³-hybridized carbons (Fsp3) is 0.240. The maximum absolute atomic E-state index is 11.3. The molecular weight excluding hydrogens is 330 g/mol. The van der Waals surface area contributed by atoms with Crippen molar-refractivity contribution in [3.8, 4) is 0 Å². The van der Waals surface area contributed by atoms with Crippen molar-refractivity contribution in [2.45, 2.75) is 39.5 Å². The molecule has 3 aromatic carbocycles. The molecule has 3 rings (SSSR count). The molecule has 0 amide bonds. The summed E-state index contributed by atoms with van der Waals surface area (Å²) in [6.07, 6.45) is 0.894. The normalized spacial score (nSPS) is 11.0. The lowest BCUT2D eigenvalue weighted by Crippen LogP contribution is -2.10. The zero-order valence-corrected chi connectivity index (χ0v) is 16.5. The van der Waals surface area contributed by atoms with Crippen molar-refractivity contribution in [3.05, 3.63) is 89.5 Å². The van der Waals surface area contributed by atoms with Crippen molar-refractivity contribution in [3.63, 3.8) is 0 Å². The number of anilines is 3. The lowest BCUT2D eigenvalue weighted by Gasteiger charge is -2.26. The van der Waals surface area contributed by atoms with Gasteiger partial charge in [-0.15, -0.1) is 0 Å². The minimum absolute atomic E-state index is 0.496. The lowest BCUT2D eigenvalue weighted by atomic mass is 10.0. The second-order valence-corrected chi connectivity index (χ2v) is 7.54. The molecule has 0 fully saturated rings. The first-order valence-electron chi connectivity index (χ1n) is 9.55. The number of hydrogen-bond donors (Lipinski definition) is 0. The number of rotatable bonds is 6. The summed E-state index contributed by atoms with van der Waals surface area (Å²) < 4.78 is 0. The molecule has 2 nitrogen and oxygen atoms in total. The van der Waals surface area contributed by atoms with Gasteiger partial charge in [0.2, 0.25) is 0 Å². The lowest BCUT2D eigenvalue weighted by molar-refractivity contribution is 0.112. The van der Waals surface area contributed by atoms with Crippen LogP contribution in [-0.4, -0.2) is 6.29 Å². The summed E-state index contributed by atoms with van der Waals surface area (Å²) in [5.41, 5.74) is 6.45. The highest BCUT2D eigenvalue weighted by molar-refractivity contribution is 5.82. The molecule has 0 aliphatic rings. The Kier molecular flexibility index (Phi) is 5.75. The van der Waals surface area contributed by atoms with E-state index in [0.29, 0.717) is 17.4 Å². The molecule has 138 valence electrons. The van der Waals surface area contributed by atoms with Gasteiger partial charge in [0, 0.05) is 22.6 Å². The van der Waals surface area contributed by atoms with Gasteiger partial charge in [-0.3, -0.25) is 4.79 Å². The third kappa shape index (κ3) is 4.28. The van der Waals surface area contributed by atoms with Gasteiger partial charge in [-0.25, -0.2) is 0 Å². The monoisotopic (exact) mass is 357 g/mol. The molecule has 0 atom stereocenters. The van der Waals surface area contributed by atoms with Crippen LogP contribution in [0.5, 0.6) is 0 Å². The standard InChI is InChI=1S/C25H27NO/c1-18(2)21-8-12-23(13-9-21)26(25-7-5-6-20(16-25)17-27)24-14-10-22(11-15-24)19(3)4/h5-19H,1-4H3. The third-order valence-corrected chi connectivity index (χ3v) is 4.90. The molecule has 0 saturated carbocycles. The second-order valence-electron chi connectivity index (χ2n) is 7.54. The maximum Gasteiger partial charge on any atom is 0.150 e. The van der Waals surface area contributed by atoms with Gasteiger partial charge in [-0.05, 0) is 59.4 Å². The van der Waals surface area contributed by atoms with E-state index in [0.717, 1.165) is 23.3 Å². The smallest absolute Gasteiger partial charge is 0.150 e. The molecule has 0 radical (unpaired) electrons. The fourth-order valence-corrected chi connectivity index (χ4v) is 3.20. The molecule has 0 aliphatic carbocycles. The number of benzene rings is 3. The molecule has 3 aromatic rings. The van der Waals surface area contributed by atoms with Crippen LogP contribution in [0.15, 0.2) is 72.8 Å². The van der Waals surface area contributed by atoms with Gasteiger partial charge in [-0.1, -0.05) is 64.1 Å². The van der Waals surface area contributed by atoms with Crippen molar-refractivity contribution >= 4 is 23.3 Å². The molecule has 2 heteroatoms. The Morgan fingerprint density at radius 1 is 0.667 bits per heavy atom. The first kappa shape index (κ1) is 18.9. The Bertz CT molecular complexity index is 841. The highest BCUT2D eigenvalue weighted by atomic mass is 16.1. The molecule has 0 spiro atoms. The zero-order chi connectivity index (χ0) is 19.4. The highest BCUT2D eigenvalue weighted by Gasteiger charge is 2.14. The van der Waals surface area contributed by atoms with Crippen LogP contribution < -0.4 is 4.90 Å². The number of nitrogens with zero attached hydrogens (tertiary/aromatic N) is 1. The topological polar surface area (TPSA) is 20.3 Å². The Balaban J connectivity index is 2.09. The van der Waals surface area contributed by atoms with Crippen LogP contribution in [-0.2, 0) is 0 Å². The van der Waals surface area contributed by atoms with E-state index in [-0.39, 0.29) is 0 Å². The summed E-state index contributed by atoms with van der Waals surface area (Å²) in [5.74, 6) is 0.993. The molecule has 0 bridgehead atoms. The maximum atomic E-state index is 11.3. The van der Waals surface area contributed by atoms with E-state index >= 15 is 0 Å². The van der Waals surface area contributed by atoms with E-state index in [4.69, 9.17) is 0 Å². The van der Waals surface area contributed by atoms with Crippen LogP contribution >= 0.6 is 0 Å². The van der Waals surface area contributed by atoms with Crippen molar-refractivity contribution in [2.75, 3.05) is 4.90 Å². The average molecular weight is 357 g/mol.